The van der Waals surface area contributed by atoms with Gasteiger partial charge in [0, 0.05) is 44.4 Å². The van der Waals surface area contributed by atoms with Crippen LogP contribution in [0, 0.1) is 0 Å². The standard InChI is InChI=1S/C15H24N2O3/c1-16-5-7-17(8-6-16)9-10-20-15-11-14(19-2)4-3-13(15)12-18/h3-4,11,18H,5-10,12H2,1-2H3. The molecule has 1 heterocycles. The van der Waals surface area contributed by atoms with Crippen LogP contribution in [0.2, 0.25) is 0 Å². The number of nitrogens with zero attached hydrogens (tertiary/aromatic N) is 2. The Balaban J connectivity index is 1.84. The van der Waals surface area contributed by atoms with Gasteiger partial charge in [-0.1, -0.05) is 0 Å². The van der Waals surface area contributed by atoms with Gasteiger partial charge in [-0.15, -0.1) is 0 Å². The molecule has 1 N–H and O–H groups in total. The zero-order valence-electron chi connectivity index (χ0n) is 12.3. The Bertz CT molecular complexity index is 418. The maximum Gasteiger partial charge on any atom is 0.128 e. The third-order valence-corrected chi connectivity index (χ3v) is 3.71. The number of aliphatic hydroxyl groups excluding tert-OH is 1. The summed E-state index contributed by atoms with van der Waals surface area (Å²) in [7, 11) is 3.78. The lowest BCUT2D eigenvalue weighted by Gasteiger charge is -2.32. The number of hydrogen-bond acceptors (Lipinski definition) is 5. The number of piperazine rings is 1. The number of hydrogen-bond donors (Lipinski definition) is 1. The second kappa shape index (κ2) is 7.47. The summed E-state index contributed by atoms with van der Waals surface area (Å²) in [4.78, 5) is 4.74. The Morgan fingerprint density at radius 2 is 1.95 bits per heavy atom. The number of aliphatic hydroxyl groups is 1. The first-order chi connectivity index (χ1) is 9.72. The lowest BCUT2D eigenvalue weighted by molar-refractivity contribution is 0.133. The molecule has 2 rings (SSSR count). The molecule has 1 aliphatic rings. The summed E-state index contributed by atoms with van der Waals surface area (Å²) in [5.41, 5.74) is 0.796. The van der Waals surface area contributed by atoms with E-state index in [2.05, 4.69) is 16.8 Å². The van der Waals surface area contributed by atoms with Crippen molar-refractivity contribution in [1.29, 1.82) is 0 Å². The van der Waals surface area contributed by atoms with Crippen LogP contribution in [0.3, 0.4) is 0 Å². The lowest BCUT2D eigenvalue weighted by Crippen LogP contribution is -2.45. The second-order valence-corrected chi connectivity index (χ2v) is 5.13. The van der Waals surface area contributed by atoms with Crippen LogP contribution < -0.4 is 9.47 Å². The summed E-state index contributed by atoms with van der Waals surface area (Å²) in [5, 5.41) is 9.32. The van der Waals surface area contributed by atoms with Crippen LogP contribution in [0.1, 0.15) is 5.56 Å². The van der Waals surface area contributed by atoms with E-state index < -0.39 is 0 Å². The molecule has 0 aromatic heterocycles. The Kier molecular flexibility index (Phi) is 5.64. The highest BCUT2D eigenvalue weighted by Gasteiger charge is 2.13. The van der Waals surface area contributed by atoms with E-state index in [1.807, 2.05) is 18.2 Å². The van der Waals surface area contributed by atoms with Gasteiger partial charge >= 0.3 is 0 Å². The largest absolute Gasteiger partial charge is 0.497 e. The van der Waals surface area contributed by atoms with E-state index in [-0.39, 0.29) is 6.61 Å². The normalized spacial score (nSPS) is 17.1. The Hall–Kier alpha value is -1.30. The van der Waals surface area contributed by atoms with Crippen LogP contribution in [0.15, 0.2) is 18.2 Å². The number of methoxy groups -OCH3 is 1. The van der Waals surface area contributed by atoms with E-state index in [1.165, 1.54) is 0 Å². The van der Waals surface area contributed by atoms with Gasteiger partial charge in [-0.25, -0.2) is 0 Å². The Labute approximate surface area is 120 Å². The molecule has 0 saturated carbocycles. The minimum atomic E-state index is -0.0200. The van der Waals surface area contributed by atoms with Gasteiger partial charge in [0.25, 0.3) is 0 Å². The van der Waals surface area contributed by atoms with E-state index in [9.17, 15) is 5.11 Å². The third-order valence-electron chi connectivity index (χ3n) is 3.71. The van der Waals surface area contributed by atoms with Gasteiger partial charge in [0.2, 0.25) is 0 Å². The summed E-state index contributed by atoms with van der Waals surface area (Å²) in [6.07, 6.45) is 0. The molecule has 0 bridgehead atoms. The quantitative estimate of drug-likeness (QED) is 0.835. The smallest absolute Gasteiger partial charge is 0.128 e. The first-order valence-electron chi connectivity index (χ1n) is 7.04. The molecule has 0 aliphatic carbocycles. The highest BCUT2D eigenvalue weighted by Crippen LogP contribution is 2.24. The average molecular weight is 280 g/mol. The van der Waals surface area contributed by atoms with Gasteiger partial charge in [0.1, 0.15) is 18.1 Å². The van der Waals surface area contributed by atoms with Crippen molar-refractivity contribution in [2.24, 2.45) is 0 Å². The van der Waals surface area contributed by atoms with Crippen molar-refractivity contribution in [3.05, 3.63) is 23.8 Å². The first-order valence-corrected chi connectivity index (χ1v) is 7.04. The summed E-state index contributed by atoms with van der Waals surface area (Å²) < 4.78 is 11.0. The Morgan fingerprint density at radius 3 is 2.60 bits per heavy atom. The molecule has 112 valence electrons. The van der Waals surface area contributed by atoms with Crippen LogP contribution >= 0.6 is 0 Å². The molecular formula is C15H24N2O3. The minimum absolute atomic E-state index is 0.0200. The monoisotopic (exact) mass is 280 g/mol. The predicted octanol–water partition coefficient (Wildman–Crippen LogP) is 0.814. The van der Waals surface area contributed by atoms with Crippen molar-refractivity contribution in [3.8, 4) is 11.5 Å². The number of rotatable bonds is 6. The van der Waals surface area contributed by atoms with Gasteiger partial charge in [-0.3, -0.25) is 4.90 Å². The summed E-state index contributed by atoms with van der Waals surface area (Å²) in [5.74, 6) is 1.46. The van der Waals surface area contributed by atoms with Gasteiger partial charge in [0.05, 0.1) is 13.7 Å². The SMILES string of the molecule is COc1ccc(CO)c(OCCN2CCN(C)CC2)c1. The molecule has 1 fully saturated rings. The molecule has 5 heteroatoms. The molecule has 0 radical (unpaired) electrons. The van der Waals surface area contributed by atoms with Crippen molar-refractivity contribution < 1.29 is 14.6 Å². The molecule has 1 aromatic carbocycles. The molecule has 5 nitrogen and oxygen atoms in total. The summed E-state index contributed by atoms with van der Waals surface area (Å²) in [6.45, 7) is 5.92. The zero-order chi connectivity index (χ0) is 14.4. The zero-order valence-corrected chi connectivity index (χ0v) is 12.3. The third kappa shape index (κ3) is 4.10. The fourth-order valence-electron chi connectivity index (χ4n) is 2.28. The number of benzene rings is 1. The van der Waals surface area contributed by atoms with E-state index in [0.717, 1.165) is 44.0 Å². The predicted molar refractivity (Wildman–Crippen MR) is 78.3 cm³/mol. The summed E-state index contributed by atoms with van der Waals surface area (Å²) >= 11 is 0. The van der Waals surface area contributed by atoms with Gasteiger partial charge < -0.3 is 19.5 Å². The molecule has 1 aliphatic heterocycles. The van der Waals surface area contributed by atoms with Crippen molar-refractivity contribution in [2.75, 3.05) is 53.5 Å². The molecule has 20 heavy (non-hydrogen) atoms. The van der Waals surface area contributed by atoms with Crippen LogP contribution in [0.5, 0.6) is 11.5 Å². The van der Waals surface area contributed by atoms with E-state index >= 15 is 0 Å². The van der Waals surface area contributed by atoms with Crippen molar-refractivity contribution in [1.82, 2.24) is 9.80 Å². The molecule has 0 unspecified atom stereocenters. The molecule has 1 aromatic rings. The number of likely N-dealkylation sites (N-methyl/N-ethyl adjacent to an activating group) is 1. The molecule has 1 saturated heterocycles. The van der Waals surface area contributed by atoms with Gasteiger partial charge in [0.15, 0.2) is 0 Å². The van der Waals surface area contributed by atoms with Gasteiger partial charge in [-0.05, 0) is 19.2 Å². The second-order valence-electron chi connectivity index (χ2n) is 5.13. The maximum atomic E-state index is 9.32. The minimum Gasteiger partial charge on any atom is -0.497 e. The van der Waals surface area contributed by atoms with Crippen LogP contribution in [0.4, 0.5) is 0 Å². The Morgan fingerprint density at radius 1 is 1.20 bits per heavy atom. The van der Waals surface area contributed by atoms with Crippen molar-refractivity contribution >= 4 is 0 Å². The van der Waals surface area contributed by atoms with Crippen molar-refractivity contribution in [2.45, 2.75) is 6.61 Å². The topological polar surface area (TPSA) is 45.2 Å². The van der Waals surface area contributed by atoms with E-state index in [1.54, 1.807) is 7.11 Å². The van der Waals surface area contributed by atoms with Crippen molar-refractivity contribution in [3.63, 3.8) is 0 Å². The average Bonchev–Trinajstić information content (AvgIpc) is 2.49. The fourth-order valence-corrected chi connectivity index (χ4v) is 2.28. The lowest BCUT2D eigenvalue weighted by atomic mass is 10.2. The van der Waals surface area contributed by atoms with Crippen LogP contribution in [0.25, 0.3) is 0 Å². The molecule has 0 amide bonds. The number of ether oxygens (including phenoxy) is 2. The van der Waals surface area contributed by atoms with E-state index in [0.29, 0.717) is 12.4 Å². The van der Waals surface area contributed by atoms with Crippen LogP contribution in [-0.4, -0.2) is 68.4 Å². The molecule has 0 atom stereocenters. The molecule has 0 spiro atoms. The highest BCUT2D eigenvalue weighted by atomic mass is 16.5. The fraction of sp³-hybridized carbons (Fsp3) is 0.600. The first kappa shape index (κ1) is 15.1. The van der Waals surface area contributed by atoms with Gasteiger partial charge in [-0.2, -0.15) is 0 Å². The highest BCUT2D eigenvalue weighted by molar-refractivity contribution is 5.40. The van der Waals surface area contributed by atoms with E-state index in [4.69, 9.17) is 9.47 Å². The van der Waals surface area contributed by atoms with Crippen LogP contribution in [-0.2, 0) is 6.61 Å². The summed E-state index contributed by atoms with van der Waals surface area (Å²) in [6, 6.07) is 5.50. The molecular weight excluding hydrogens is 256 g/mol. The maximum absolute atomic E-state index is 9.32.